The molecule has 0 aromatic carbocycles. The first-order valence-electron chi connectivity index (χ1n) is 9.63. The summed E-state index contributed by atoms with van der Waals surface area (Å²) < 4.78 is 26.7. The number of carbonyl (C=O) groups excluding carboxylic acids is 1. The van der Waals surface area contributed by atoms with Crippen LogP contribution in [0.4, 0.5) is 13.9 Å². The number of nitrogens with zero attached hydrogens (tertiary/aromatic N) is 1. The van der Waals surface area contributed by atoms with Crippen molar-refractivity contribution in [2.24, 2.45) is 11.8 Å². The average molecular weight is 371 g/mol. The van der Waals surface area contributed by atoms with Crippen LogP contribution in [0.5, 0.6) is 0 Å². The smallest absolute Gasteiger partial charge is 0.226 e. The minimum Gasteiger partial charge on any atom is -0.302 e. The summed E-state index contributed by atoms with van der Waals surface area (Å²) in [6.07, 6.45) is 9.16. The van der Waals surface area contributed by atoms with Gasteiger partial charge in [0.1, 0.15) is 12.3 Å². The quantitative estimate of drug-likeness (QED) is 0.722. The molecular formula is C19H28F2N2OS. The molecule has 1 aromatic heterocycles. The molecule has 6 heteroatoms. The molecule has 2 saturated carbocycles. The Balaban J connectivity index is 1.41. The molecule has 1 N–H and O–H groups in total. The zero-order valence-corrected chi connectivity index (χ0v) is 15.5. The zero-order chi connectivity index (χ0) is 17.6. The first-order valence-corrected chi connectivity index (χ1v) is 10.4. The van der Waals surface area contributed by atoms with Gasteiger partial charge in [-0.05, 0) is 43.9 Å². The lowest BCUT2D eigenvalue weighted by molar-refractivity contribution is -0.116. The van der Waals surface area contributed by atoms with Crippen molar-refractivity contribution in [3.8, 4) is 0 Å². The highest BCUT2D eigenvalue weighted by Crippen LogP contribution is 2.33. The Labute approximate surface area is 152 Å². The van der Waals surface area contributed by atoms with Crippen LogP contribution in [0.15, 0.2) is 6.20 Å². The lowest BCUT2D eigenvalue weighted by atomic mass is 9.84. The number of anilines is 1. The van der Waals surface area contributed by atoms with Crippen molar-refractivity contribution in [3.63, 3.8) is 0 Å². The molecule has 3 atom stereocenters. The molecule has 0 bridgehead atoms. The second kappa shape index (κ2) is 9.06. The Kier molecular flexibility index (Phi) is 6.79. The van der Waals surface area contributed by atoms with Gasteiger partial charge in [-0.15, -0.1) is 11.3 Å². The summed E-state index contributed by atoms with van der Waals surface area (Å²) >= 11 is 1.46. The van der Waals surface area contributed by atoms with Crippen LogP contribution in [-0.4, -0.2) is 23.2 Å². The van der Waals surface area contributed by atoms with Gasteiger partial charge >= 0.3 is 0 Å². The topological polar surface area (TPSA) is 42.0 Å². The highest BCUT2D eigenvalue weighted by molar-refractivity contribution is 7.15. The molecule has 1 aromatic rings. The fraction of sp³-hybridized carbons (Fsp3) is 0.789. The maximum absolute atomic E-state index is 13.5. The van der Waals surface area contributed by atoms with Gasteiger partial charge in [-0.2, -0.15) is 0 Å². The van der Waals surface area contributed by atoms with Crippen LogP contribution < -0.4 is 5.32 Å². The molecule has 0 spiro atoms. The van der Waals surface area contributed by atoms with E-state index in [0.29, 0.717) is 30.3 Å². The van der Waals surface area contributed by atoms with Crippen LogP contribution in [0.2, 0.25) is 0 Å². The highest BCUT2D eigenvalue weighted by atomic mass is 32.1. The summed E-state index contributed by atoms with van der Waals surface area (Å²) in [5.74, 6) is 0.913. The van der Waals surface area contributed by atoms with Gasteiger partial charge in [0.25, 0.3) is 0 Å². The van der Waals surface area contributed by atoms with Crippen LogP contribution in [0.1, 0.15) is 69.1 Å². The monoisotopic (exact) mass is 370 g/mol. The number of alkyl halides is 2. The van der Waals surface area contributed by atoms with Gasteiger partial charge in [0.15, 0.2) is 5.13 Å². The number of hydrogen-bond acceptors (Lipinski definition) is 3. The van der Waals surface area contributed by atoms with E-state index >= 15 is 0 Å². The maximum atomic E-state index is 13.5. The van der Waals surface area contributed by atoms with E-state index in [0.717, 1.165) is 24.1 Å². The van der Waals surface area contributed by atoms with E-state index in [1.165, 1.54) is 43.4 Å². The minimum absolute atomic E-state index is 0.0354. The number of hydrogen-bond donors (Lipinski definition) is 1. The third kappa shape index (κ3) is 5.73. The van der Waals surface area contributed by atoms with Crippen LogP contribution in [0, 0.1) is 11.8 Å². The Morgan fingerprint density at radius 3 is 2.68 bits per heavy atom. The molecule has 3 unspecified atom stereocenters. The normalized spacial score (nSPS) is 28.0. The second-order valence-corrected chi connectivity index (χ2v) is 8.75. The summed E-state index contributed by atoms with van der Waals surface area (Å²) in [7, 11) is 0. The molecule has 25 heavy (non-hydrogen) atoms. The number of nitrogens with one attached hydrogen (secondary N) is 1. The molecule has 3 nitrogen and oxygen atoms in total. The molecule has 0 radical (unpaired) electrons. The predicted octanol–water partition coefficient (Wildman–Crippen LogP) is 5.46. The van der Waals surface area contributed by atoms with Crippen LogP contribution in [-0.2, 0) is 11.2 Å². The zero-order valence-electron chi connectivity index (χ0n) is 14.7. The number of halogens is 2. The summed E-state index contributed by atoms with van der Waals surface area (Å²) in [5, 5.41) is 3.51. The SMILES string of the molecule is O=C(CCC1CCCCC1)Nc1ncc(CC2CCC(F)C(F)C2)s1. The molecule has 0 aliphatic heterocycles. The number of rotatable bonds is 6. The summed E-state index contributed by atoms with van der Waals surface area (Å²) in [6, 6.07) is 0. The Morgan fingerprint density at radius 2 is 1.92 bits per heavy atom. The minimum atomic E-state index is -1.33. The number of carbonyl (C=O) groups is 1. The molecule has 140 valence electrons. The van der Waals surface area contributed by atoms with E-state index in [-0.39, 0.29) is 11.8 Å². The Bertz CT molecular complexity index is 559. The van der Waals surface area contributed by atoms with Crippen LogP contribution in [0.3, 0.4) is 0 Å². The van der Waals surface area contributed by atoms with Crippen molar-refractivity contribution >= 4 is 22.4 Å². The molecule has 1 heterocycles. The van der Waals surface area contributed by atoms with Gasteiger partial charge in [0, 0.05) is 17.5 Å². The van der Waals surface area contributed by atoms with E-state index in [1.54, 1.807) is 6.20 Å². The fourth-order valence-electron chi connectivity index (χ4n) is 4.08. The van der Waals surface area contributed by atoms with Crippen LogP contribution in [0.25, 0.3) is 0 Å². The molecule has 2 aliphatic carbocycles. The first kappa shape index (κ1) is 18.7. The van der Waals surface area contributed by atoms with Crippen LogP contribution >= 0.6 is 11.3 Å². The number of amides is 1. The third-order valence-electron chi connectivity index (χ3n) is 5.60. The second-order valence-electron chi connectivity index (χ2n) is 7.64. The van der Waals surface area contributed by atoms with Gasteiger partial charge in [-0.25, -0.2) is 13.8 Å². The van der Waals surface area contributed by atoms with E-state index in [2.05, 4.69) is 10.3 Å². The standard InChI is InChI=1S/C19H28F2N2OS/c20-16-8-6-14(11-17(16)21)10-15-12-22-19(25-15)23-18(24)9-7-13-4-2-1-3-5-13/h12-14,16-17H,1-11H2,(H,22,23,24). The largest absolute Gasteiger partial charge is 0.302 e. The van der Waals surface area contributed by atoms with Crippen molar-refractivity contribution in [2.45, 2.75) is 83.0 Å². The molecule has 1 amide bonds. The predicted molar refractivity (Wildman–Crippen MR) is 97.4 cm³/mol. The Hall–Kier alpha value is -1.04. The van der Waals surface area contributed by atoms with Crippen molar-refractivity contribution < 1.29 is 13.6 Å². The van der Waals surface area contributed by atoms with Gasteiger partial charge in [0.05, 0.1) is 0 Å². The van der Waals surface area contributed by atoms with Gasteiger partial charge < -0.3 is 5.32 Å². The molecule has 0 saturated heterocycles. The summed E-state index contributed by atoms with van der Waals surface area (Å²) in [4.78, 5) is 17.4. The summed E-state index contributed by atoms with van der Waals surface area (Å²) in [5.41, 5.74) is 0. The van der Waals surface area contributed by atoms with Crippen molar-refractivity contribution in [1.82, 2.24) is 4.98 Å². The lowest BCUT2D eigenvalue weighted by Crippen LogP contribution is -2.28. The average Bonchev–Trinajstić information content (AvgIpc) is 3.04. The van der Waals surface area contributed by atoms with E-state index < -0.39 is 12.3 Å². The van der Waals surface area contributed by atoms with E-state index in [1.807, 2.05) is 0 Å². The van der Waals surface area contributed by atoms with E-state index in [9.17, 15) is 13.6 Å². The lowest BCUT2D eigenvalue weighted by Gasteiger charge is -2.26. The molecular weight excluding hydrogens is 342 g/mol. The molecule has 3 rings (SSSR count). The first-order chi connectivity index (χ1) is 12.1. The van der Waals surface area contributed by atoms with E-state index in [4.69, 9.17) is 0 Å². The van der Waals surface area contributed by atoms with Crippen molar-refractivity contribution in [2.75, 3.05) is 5.32 Å². The third-order valence-corrected chi connectivity index (χ3v) is 6.53. The summed E-state index contributed by atoms with van der Waals surface area (Å²) in [6.45, 7) is 0. The van der Waals surface area contributed by atoms with Crippen molar-refractivity contribution in [3.05, 3.63) is 11.1 Å². The fourth-order valence-corrected chi connectivity index (χ4v) is 5.03. The van der Waals surface area contributed by atoms with Crippen molar-refractivity contribution in [1.29, 1.82) is 0 Å². The Morgan fingerprint density at radius 1 is 1.12 bits per heavy atom. The number of thiazole rings is 1. The van der Waals surface area contributed by atoms with Gasteiger partial charge in [0.2, 0.25) is 5.91 Å². The number of aromatic nitrogens is 1. The van der Waals surface area contributed by atoms with Gasteiger partial charge in [-0.1, -0.05) is 32.1 Å². The molecule has 2 fully saturated rings. The highest BCUT2D eigenvalue weighted by Gasteiger charge is 2.30. The maximum Gasteiger partial charge on any atom is 0.226 e. The molecule has 2 aliphatic rings. The van der Waals surface area contributed by atoms with Gasteiger partial charge in [-0.3, -0.25) is 4.79 Å².